The van der Waals surface area contributed by atoms with Crippen molar-refractivity contribution in [3.8, 4) is 0 Å². The zero-order valence-corrected chi connectivity index (χ0v) is 19.3. The predicted molar refractivity (Wildman–Crippen MR) is 130 cm³/mol. The van der Waals surface area contributed by atoms with Crippen molar-refractivity contribution in [3.63, 3.8) is 0 Å². The summed E-state index contributed by atoms with van der Waals surface area (Å²) in [5.74, 6) is -1.60. The SMILES string of the molecule is CC(=NNC(=O)CN(c1cccc(F)c1)S(C)(=O)=O)c1cccc(NC(=O)c2ccccc2)c1. The fraction of sp³-hybridized carbons (Fsp3) is 0.125. The van der Waals surface area contributed by atoms with Crippen molar-refractivity contribution in [2.45, 2.75) is 6.92 Å². The molecule has 0 unspecified atom stereocenters. The molecule has 10 heteroatoms. The molecule has 0 saturated heterocycles. The molecular weight excluding hydrogens is 459 g/mol. The van der Waals surface area contributed by atoms with E-state index in [1.54, 1.807) is 55.5 Å². The fourth-order valence-corrected chi connectivity index (χ4v) is 3.87. The van der Waals surface area contributed by atoms with Crippen molar-refractivity contribution in [2.24, 2.45) is 5.10 Å². The van der Waals surface area contributed by atoms with Crippen molar-refractivity contribution in [3.05, 3.63) is 95.8 Å². The Morgan fingerprint density at radius 3 is 2.29 bits per heavy atom. The number of sulfonamides is 1. The van der Waals surface area contributed by atoms with Gasteiger partial charge in [0.1, 0.15) is 12.4 Å². The van der Waals surface area contributed by atoms with Crippen molar-refractivity contribution in [1.29, 1.82) is 0 Å². The van der Waals surface area contributed by atoms with Crippen molar-refractivity contribution >= 4 is 38.9 Å². The smallest absolute Gasteiger partial charge is 0.260 e. The highest BCUT2D eigenvalue weighted by Crippen LogP contribution is 2.18. The third-order valence-electron chi connectivity index (χ3n) is 4.71. The predicted octanol–water partition coefficient (Wildman–Crippen LogP) is 3.38. The Hall–Kier alpha value is -4.05. The summed E-state index contributed by atoms with van der Waals surface area (Å²) in [5.41, 5.74) is 4.47. The molecule has 0 spiro atoms. The minimum Gasteiger partial charge on any atom is -0.322 e. The first-order chi connectivity index (χ1) is 16.1. The number of benzene rings is 3. The van der Waals surface area contributed by atoms with E-state index in [9.17, 15) is 22.4 Å². The van der Waals surface area contributed by atoms with E-state index >= 15 is 0 Å². The van der Waals surface area contributed by atoms with Crippen LogP contribution in [0.2, 0.25) is 0 Å². The fourth-order valence-electron chi connectivity index (χ4n) is 3.02. The number of nitrogens with zero attached hydrogens (tertiary/aromatic N) is 2. The van der Waals surface area contributed by atoms with Crippen LogP contribution in [0.5, 0.6) is 0 Å². The lowest BCUT2D eigenvalue weighted by molar-refractivity contribution is -0.119. The average Bonchev–Trinajstić information content (AvgIpc) is 2.81. The van der Waals surface area contributed by atoms with E-state index in [0.29, 0.717) is 22.5 Å². The molecular formula is C24H23FN4O4S. The highest BCUT2D eigenvalue weighted by atomic mass is 32.2. The quantitative estimate of drug-likeness (QED) is 0.379. The first kappa shape index (κ1) is 24.6. The van der Waals surface area contributed by atoms with Gasteiger partial charge in [-0.25, -0.2) is 18.2 Å². The number of hydrogen-bond acceptors (Lipinski definition) is 5. The van der Waals surface area contributed by atoms with Crippen LogP contribution in [-0.4, -0.2) is 38.7 Å². The van der Waals surface area contributed by atoms with Crippen LogP contribution in [-0.2, 0) is 14.8 Å². The minimum absolute atomic E-state index is 0.0280. The van der Waals surface area contributed by atoms with Gasteiger partial charge in [0.15, 0.2) is 0 Å². The normalized spacial score (nSPS) is 11.6. The summed E-state index contributed by atoms with van der Waals surface area (Å²) in [7, 11) is -3.84. The Kier molecular flexibility index (Phi) is 7.75. The molecule has 176 valence electrons. The molecule has 0 saturated carbocycles. The number of amides is 2. The van der Waals surface area contributed by atoms with E-state index in [1.165, 1.54) is 18.2 Å². The summed E-state index contributed by atoms with van der Waals surface area (Å²) in [5, 5.41) is 6.83. The van der Waals surface area contributed by atoms with Gasteiger partial charge in [-0.05, 0) is 55.0 Å². The summed E-state index contributed by atoms with van der Waals surface area (Å²) < 4.78 is 38.6. The van der Waals surface area contributed by atoms with E-state index in [0.717, 1.165) is 16.6 Å². The lowest BCUT2D eigenvalue weighted by atomic mass is 10.1. The standard InChI is InChI=1S/C24H23FN4O4S/c1-17(19-10-6-12-21(14-19)26-24(31)18-8-4-3-5-9-18)27-28-23(30)16-29(34(2,32)33)22-13-7-11-20(25)15-22/h3-15H,16H2,1-2H3,(H,26,31)(H,28,30). The van der Waals surface area contributed by atoms with Gasteiger partial charge in [-0.2, -0.15) is 5.10 Å². The maximum absolute atomic E-state index is 13.5. The van der Waals surface area contributed by atoms with Gasteiger partial charge in [-0.1, -0.05) is 36.4 Å². The molecule has 3 aromatic carbocycles. The number of hydrazone groups is 1. The van der Waals surface area contributed by atoms with Crippen LogP contribution in [0.1, 0.15) is 22.8 Å². The summed E-state index contributed by atoms with van der Waals surface area (Å²) in [6.07, 6.45) is 0.926. The average molecular weight is 483 g/mol. The lowest BCUT2D eigenvalue weighted by Crippen LogP contribution is -2.39. The van der Waals surface area contributed by atoms with Gasteiger partial charge in [-0.15, -0.1) is 0 Å². The zero-order chi connectivity index (χ0) is 24.7. The van der Waals surface area contributed by atoms with E-state index in [2.05, 4.69) is 15.8 Å². The minimum atomic E-state index is -3.84. The molecule has 34 heavy (non-hydrogen) atoms. The first-order valence-electron chi connectivity index (χ1n) is 10.2. The number of carbonyl (C=O) groups excluding carboxylic acids is 2. The molecule has 3 rings (SSSR count). The Morgan fingerprint density at radius 1 is 0.941 bits per heavy atom. The Labute approximate surface area is 197 Å². The summed E-state index contributed by atoms with van der Waals surface area (Å²) in [4.78, 5) is 24.7. The summed E-state index contributed by atoms with van der Waals surface area (Å²) in [6.45, 7) is 1.07. The van der Waals surface area contributed by atoms with Crippen LogP contribution in [0.3, 0.4) is 0 Å². The second-order valence-electron chi connectivity index (χ2n) is 7.38. The summed E-state index contributed by atoms with van der Waals surface area (Å²) >= 11 is 0. The van der Waals surface area contributed by atoms with Crippen molar-refractivity contribution in [2.75, 3.05) is 22.4 Å². The zero-order valence-electron chi connectivity index (χ0n) is 18.5. The number of carbonyl (C=O) groups is 2. The third kappa shape index (κ3) is 6.72. The second-order valence-corrected chi connectivity index (χ2v) is 9.29. The molecule has 0 atom stereocenters. The molecule has 3 aromatic rings. The van der Waals surface area contributed by atoms with Crippen LogP contribution in [0.15, 0.2) is 84.0 Å². The van der Waals surface area contributed by atoms with E-state index in [1.807, 2.05) is 6.07 Å². The molecule has 0 aliphatic heterocycles. The number of rotatable bonds is 8. The molecule has 0 radical (unpaired) electrons. The maximum Gasteiger partial charge on any atom is 0.260 e. The highest BCUT2D eigenvalue weighted by molar-refractivity contribution is 7.92. The molecule has 0 heterocycles. The molecule has 2 N–H and O–H groups in total. The first-order valence-corrected chi connectivity index (χ1v) is 12.0. The second kappa shape index (κ2) is 10.7. The van der Waals surface area contributed by atoms with Crippen molar-refractivity contribution in [1.82, 2.24) is 5.43 Å². The van der Waals surface area contributed by atoms with Gasteiger partial charge in [0.05, 0.1) is 17.7 Å². The van der Waals surface area contributed by atoms with Gasteiger partial charge in [0.25, 0.3) is 11.8 Å². The van der Waals surface area contributed by atoms with Crippen LogP contribution in [0.4, 0.5) is 15.8 Å². The molecule has 2 amide bonds. The van der Waals surface area contributed by atoms with Gasteiger partial charge < -0.3 is 5.32 Å². The van der Waals surface area contributed by atoms with Crippen molar-refractivity contribution < 1.29 is 22.4 Å². The summed E-state index contributed by atoms with van der Waals surface area (Å²) in [6, 6.07) is 20.6. The lowest BCUT2D eigenvalue weighted by Gasteiger charge is -2.21. The van der Waals surface area contributed by atoms with Gasteiger partial charge in [0, 0.05) is 11.3 Å². The van der Waals surface area contributed by atoms with Crippen LogP contribution >= 0.6 is 0 Å². The highest BCUT2D eigenvalue weighted by Gasteiger charge is 2.21. The monoisotopic (exact) mass is 482 g/mol. The van der Waals surface area contributed by atoms with Crippen LogP contribution in [0.25, 0.3) is 0 Å². The Bertz CT molecular complexity index is 1330. The van der Waals surface area contributed by atoms with Gasteiger partial charge >= 0.3 is 0 Å². The molecule has 0 fully saturated rings. The molecule has 8 nitrogen and oxygen atoms in total. The number of hydrogen-bond donors (Lipinski definition) is 2. The third-order valence-corrected chi connectivity index (χ3v) is 5.85. The topological polar surface area (TPSA) is 108 Å². The van der Waals surface area contributed by atoms with Gasteiger partial charge in [0.2, 0.25) is 10.0 Å². The Balaban J connectivity index is 1.68. The molecule has 0 aliphatic carbocycles. The molecule has 0 aromatic heterocycles. The van der Waals surface area contributed by atoms with Gasteiger partial charge in [-0.3, -0.25) is 13.9 Å². The number of anilines is 2. The van der Waals surface area contributed by atoms with E-state index in [4.69, 9.17) is 0 Å². The largest absolute Gasteiger partial charge is 0.322 e. The van der Waals surface area contributed by atoms with Crippen LogP contribution < -0.4 is 15.0 Å². The number of halogens is 1. The van der Waals surface area contributed by atoms with E-state index in [-0.39, 0.29) is 11.6 Å². The van der Waals surface area contributed by atoms with Crippen LogP contribution in [0, 0.1) is 5.82 Å². The molecule has 0 aliphatic rings. The Morgan fingerprint density at radius 2 is 1.62 bits per heavy atom. The maximum atomic E-state index is 13.5. The van der Waals surface area contributed by atoms with E-state index < -0.39 is 28.3 Å². The molecule has 0 bridgehead atoms. The number of nitrogens with one attached hydrogen (secondary N) is 2.